The van der Waals surface area contributed by atoms with E-state index in [1.807, 2.05) is 13.8 Å². The van der Waals surface area contributed by atoms with Crippen LogP contribution in [0.1, 0.15) is 39.5 Å². The van der Waals surface area contributed by atoms with Crippen molar-refractivity contribution < 1.29 is 8.42 Å². The molecule has 1 heterocycles. The molecule has 1 aliphatic rings. The molecule has 1 aliphatic heterocycles. The molecule has 4 nitrogen and oxygen atoms in total. The summed E-state index contributed by atoms with van der Waals surface area (Å²) in [4.78, 5) is 0. The Bertz CT molecular complexity index is 332. The van der Waals surface area contributed by atoms with Crippen LogP contribution in [0.3, 0.4) is 0 Å². The molecule has 1 rings (SSSR count). The first-order valence-electron chi connectivity index (χ1n) is 6.22. The largest absolute Gasteiger partial charge is 0.282 e. The third kappa shape index (κ3) is 3.56. The molecule has 0 amide bonds. The highest BCUT2D eigenvalue weighted by molar-refractivity contribution is 7.86. The normalized spacial score (nSPS) is 24.2. The monoisotopic (exact) mass is 282 g/mol. The van der Waals surface area contributed by atoms with Gasteiger partial charge in [0, 0.05) is 31.6 Å². The minimum atomic E-state index is -3.36. The van der Waals surface area contributed by atoms with Crippen molar-refractivity contribution in [2.24, 2.45) is 0 Å². The minimum absolute atomic E-state index is 0.0285. The number of nitrogens with zero attached hydrogens (tertiary/aromatic N) is 2. The molecule has 6 heteroatoms. The second-order valence-electron chi connectivity index (χ2n) is 4.89. The maximum Gasteiger partial charge on any atom is 0.282 e. The van der Waals surface area contributed by atoms with Crippen LogP contribution < -0.4 is 0 Å². The fraction of sp³-hybridized carbons (Fsp3) is 1.00. The zero-order valence-corrected chi connectivity index (χ0v) is 12.5. The average Bonchev–Trinajstić information content (AvgIpc) is 2.52. The van der Waals surface area contributed by atoms with Crippen molar-refractivity contribution in [2.75, 3.05) is 19.5 Å². The van der Waals surface area contributed by atoms with E-state index in [1.165, 1.54) is 4.31 Å². The Morgan fingerprint density at radius 2 is 2.00 bits per heavy atom. The number of alkyl halides is 1. The molecule has 0 aromatic rings. The van der Waals surface area contributed by atoms with Crippen LogP contribution in [-0.4, -0.2) is 48.6 Å². The summed E-state index contributed by atoms with van der Waals surface area (Å²) >= 11 is 5.91. The van der Waals surface area contributed by atoms with Crippen molar-refractivity contribution in [1.82, 2.24) is 8.61 Å². The third-order valence-electron chi connectivity index (χ3n) is 3.39. The second-order valence-corrected chi connectivity index (χ2v) is 7.14. The summed E-state index contributed by atoms with van der Waals surface area (Å²) < 4.78 is 27.9. The van der Waals surface area contributed by atoms with Gasteiger partial charge in [-0.3, -0.25) is 0 Å². The van der Waals surface area contributed by atoms with Crippen LogP contribution in [0, 0.1) is 0 Å². The molecule has 1 saturated heterocycles. The van der Waals surface area contributed by atoms with E-state index in [1.54, 1.807) is 11.4 Å². The molecule has 0 spiro atoms. The van der Waals surface area contributed by atoms with Crippen molar-refractivity contribution >= 4 is 21.8 Å². The van der Waals surface area contributed by atoms with Crippen LogP contribution in [0.5, 0.6) is 0 Å². The molecule has 1 fully saturated rings. The maximum atomic E-state index is 12.4. The summed E-state index contributed by atoms with van der Waals surface area (Å²) in [7, 11) is -1.73. The van der Waals surface area contributed by atoms with Gasteiger partial charge in [-0.25, -0.2) is 0 Å². The van der Waals surface area contributed by atoms with Crippen LogP contribution in [0.4, 0.5) is 0 Å². The molecule has 0 aromatic heterocycles. The molecular weight excluding hydrogens is 260 g/mol. The molecule has 17 heavy (non-hydrogen) atoms. The summed E-state index contributed by atoms with van der Waals surface area (Å²) in [6.45, 7) is 4.35. The molecule has 0 saturated carbocycles. The fourth-order valence-electron chi connectivity index (χ4n) is 2.04. The van der Waals surface area contributed by atoms with Crippen molar-refractivity contribution in [3.05, 3.63) is 0 Å². The number of hydrogen-bond donors (Lipinski definition) is 0. The lowest BCUT2D eigenvalue weighted by atomic mass is 10.1. The molecular formula is C11H23ClN2O2S. The predicted molar refractivity (Wildman–Crippen MR) is 71.5 cm³/mol. The van der Waals surface area contributed by atoms with E-state index in [0.717, 1.165) is 25.7 Å². The smallest absolute Gasteiger partial charge is 0.195 e. The second kappa shape index (κ2) is 6.36. The third-order valence-corrected chi connectivity index (χ3v) is 5.97. The SMILES string of the molecule is CC(C)N(C)S(=O)(=O)N1CCCCCC1CCl. The first-order valence-corrected chi connectivity index (χ1v) is 8.15. The van der Waals surface area contributed by atoms with Crippen molar-refractivity contribution in [3.8, 4) is 0 Å². The van der Waals surface area contributed by atoms with E-state index in [4.69, 9.17) is 11.6 Å². The topological polar surface area (TPSA) is 40.6 Å². The van der Waals surface area contributed by atoms with Crippen LogP contribution in [-0.2, 0) is 10.2 Å². The number of hydrogen-bond acceptors (Lipinski definition) is 2. The van der Waals surface area contributed by atoms with E-state index < -0.39 is 10.2 Å². The molecule has 0 bridgehead atoms. The summed E-state index contributed by atoms with van der Waals surface area (Å²) in [5.74, 6) is 0.380. The molecule has 1 atom stereocenters. The Kier molecular flexibility index (Phi) is 5.70. The molecule has 0 aromatic carbocycles. The lowest BCUT2D eigenvalue weighted by Gasteiger charge is -2.33. The molecule has 0 radical (unpaired) electrons. The lowest BCUT2D eigenvalue weighted by molar-refractivity contribution is 0.297. The summed E-state index contributed by atoms with van der Waals surface area (Å²) in [6.07, 6.45) is 3.95. The van der Waals surface area contributed by atoms with Gasteiger partial charge < -0.3 is 0 Å². The van der Waals surface area contributed by atoms with Gasteiger partial charge in [-0.15, -0.1) is 11.6 Å². The Labute approximate surface area is 110 Å². The van der Waals surface area contributed by atoms with Gasteiger partial charge in [-0.05, 0) is 26.7 Å². The standard InChI is InChI=1S/C11H23ClN2O2S/c1-10(2)13(3)17(15,16)14-8-6-4-5-7-11(14)9-12/h10-11H,4-9H2,1-3H3. The van der Waals surface area contributed by atoms with E-state index in [2.05, 4.69) is 0 Å². The van der Waals surface area contributed by atoms with Crippen LogP contribution in [0.15, 0.2) is 0 Å². The number of halogens is 1. The average molecular weight is 283 g/mol. The van der Waals surface area contributed by atoms with E-state index in [-0.39, 0.29) is 12.1 Å². The van der Waals surface area contributed by atoms with Crippen LogP contribution >= 0.6 is 11.6 Å². The molecule has 0 aliphatic carbocycles. The van der Waals surface area contributed by atoms with Gasteiger partial charge >= 0.3 is 0 Å². The summed E-state index contributed by atoms with van der Waals surface area (Å²) in [5, 5.41) is 0. The highest BCUT2D eigenvalue weighted by Crippen LogP contribution is 2.23. The first kappa shape index (κ1) is 15.2. The summed E-state index contributed by atoms with van der Waals surface area (Å²) in [5.41, 5.74) is 0. The van der Waals surface area contributed by atoms with Crippen molar-refractivity contribution in [1.29, 1.82) is 0 Å². The number of rotatable bonds is 4. The first-order chi connectivity index (χ1) is 7.91. The maximum absolute atomic E-state index is 12.4. The van der Waals surface area contributed by atoms with Crippen LogP contribution in [0.25, 0.3) is 0 Å². The zero-order valence-electron chi connectivity index (χ0n) is 10.9. The zero-order chi connectivity index (χ0) is 13.1. The molecule has 102 valence electrons. The highest BCUT2D eigenvalue weighted by Gasteiger charge is 2.34. The lowest BCUT2D eigenvalue weighted by Crippen LogP contribution is -2.49. The minimum Gasteiger partial charge on any atom is -0.195 e. The van der Waals surface area contributed by atoms with Gasteiger partial charge in [0.05, 0.1) is 0 Å². The quantitative estimate of drug-likeness (QED) is 0.741. The van der Waals surface area contributed by atoms with Gasteiger partial charge in [0.2, 0.25) is 0 Å². The van der Waals surface area contributed by atoms with Crippen LogP contribution in [0.2, 0.25) is 0 Å². The van der Waals surface area contributed by atoms with Gasteiger partial charge in [0.15, 0.2) is 0 Å². The van der Waals surface area contributed by atoms with Gasteiger partial charge in [0.25, 0.3) is 10.2 Å². The van der Waals surface area contributed by atoms with Gasteiger partial charge in [-0.2, -0.15) is 17.0 Å². The highest BCUT2D eigenvalue weighted by atomic mass is 35.5. The fourth-order valence-corrected chi connectivity index (χ4v) is 4.22. The van der Waals surface area contributed by atoms with Crippen molar-refractivity contribution in [2.45, 2.75) is 51.6 Å². The van der Waals surface area contributed by atoms with Gasteiger partial charge in [0.1, 0.15) is 0 Å². The van der Waals surface area contributed by atoms with Crippen molar-refractivity contribution in [3.63, 3.8) is 0 Å². The Morgan fingerprint density at radius 3 is 2.53 bits per heavy atom. The van der Waals surface area contributed by atoms with E-state index in [0.29, 0.717) is 12.4 Å². The van der Waals surface area contributed by atoms with Gasteiger partial charge in [-0.1, -0.05) is 12.8 Å². The van der Waals surface area contributed by atoms with E-state index >= 15 is 0 Å². The molecule has 0 N–H and O–H groups in total. The Balaban J connectivity index is 2.93. The van der Waals surface area contributed by atoms with E-state index in [9.17, 15) is 8.42 Å². The summed E-state index contributed by atoms with van der Waals surface area (Å²) in [6, 6.07) is -0.0791. The Morgan fingerprint density at radius 1 is 1.35 bits per heavy atom. The predicted octanol–water partition coefficient (Wildman–Crippen LogP) is 2.05. The molecule has 1 unspecified atom stereocenters. The Hall–Kier alpha value is 0.160.